The fourth-order valence-electron chi connectivity index (χ4n) is 4.73. The van der Waals surface area contributed by atoms with Crippen molar-refractivity contribution in [2.45, 2.75) is 72.8 Å². The highest BCUT2D eigenvalue weighted by Crippen LogP contribution is 2.23. The zero-order valence-electron chi connectivity index (χ0n) is 23.1. The lowest BCUT2D eigenvalue weighted by Gasteiger charge is -2.20. The van der Waals surface area contributed by atoms with E-state index < -0.39 is 0 Å². The van der Waals surface area contributed by atoms with Gasteiger partial charge in [-0.3, -0.25) is 9.69 Å². The van der Waals surface area contributed by atoms with Crippen LogP contribution in [-0.4, -0.2) is 55.9 Å². The highest BCUT2D eigenvalue weighted by molar-refractivity contribution is 5.96. The number of nitrogens with zero attached hydrogens (tertiary/aromatic N) is 2. The lowest BCUT2D eigenvalue weighted by molar-refractivity contribution is 0.0972. The zero-order valence-corrected chi connectivity index (χ0v) is 23.1. The first-order chi connectivity index (χ1) is 16.9. The highest BCUT2D eigenvalue weighted by Gasteiger charge is 2.16. The first-order valence-electron chi connectivity index (χ1n) is 13.5. The first kappa shape index (κ1) is 29.1. The van der Waals surface area contributed by atoms with Crippen molar-refractivity contribution >= 4 is 5.78 Å². The predicted molar refractivity (Wildman–Crippen MR) is 149 cm³/mol. The Morgan fingerprint density at radius 3 is 2.51 bits per heavy atom. The molecule has 0 spiro atoms. The molecule has 2 aromatic rings. The van der Waals surface area contributed by atoms with Crippen LogP contribution in [0.3, 0.4) is 0 Å². The van der Waals surface area contributed by atoms with Crippen LogP contribution in [0.4, 0.5) is 0 Å². The summed E-state index contributed by atoms with van der Waals surface area (Å²) in [6.07, 6.45) is 6.76. The molecule has 4 nitrogen and oxygen atoms in total. The third kappa shape index (κ3) is 10.1. The third-order valence-electron chi connectivity index (χ3n) is 7.25. The molecular formula is C31H48N2O2. The number of hydrogen-bond acceptors (Lipinski definition) is 4. The summed E-state index contributed by atoms with van der Waals surface area (Å²) >= 11 is 0. The molecule has 3 rings (SSSR count). The summed E-state index contributed by atoms with van der Waals surface area (Å²) in [6, 6.07) is 14.3. The van der Waals surface area contributed by atoms with E-state index in [0.717, 1.165) is 43.3 Å². The minimum Gasteiger partial charge on any atom is -0.496 e. The van der Waals surface area contributed by atoms with Crippen LogP contribution in [0, 0.1) is 19.8 Å². The van der Waals surface area contributed by atoms with Crippen molar-refractivity contribution in [3.8, 4) is 5.75 Å². The SMILES string of the molecule is CCCN(CC)Cc1ccccc1OC.Cc1ccc(C(=O)CCC2CCCN(C)CC2)cc1C. The molecular weight excluding hydrogens is 432 g/mol. The Morgan fingerprint density at radius 2 is 1.83 bits per heavy atom. The van der Waals surface area contributed by atoms with Crippen molar-refractivity contribution in [1.29, 1.82) is 0 Å². The largest absolute Gasteiger partial charge is 0.496 e. The lowest BCUT2D eigenvalue weighted by Crippen LogP contribution is -2.23. The Labute approximate surface area is 214 Å². The van der Waals surface area contributed by atoms with Crippen LogP contribution in [0.25, 0.3) is 0 Å². The van der Waals surface area contributed by atoms with E-state index in [9.17, 15) is 4.79 Å². The van der Waals surface area contributed by atoms with Crippen molar-refractivity contribution in [3.63, 3.8) is 0 Å². The minimum atomic E-state index is 0.311. The Morgan fingerprint density at radius 1 is 1.06 bits per heavy atom. The molecule has 1 fully saturated rings. The molecule has 0 bridgehead atoms. The third-order valence-corrected chi connectivity index (χ3v) is 7.25. The topological polar surface area (TPSA) is 32.8 Å². The van der Waals surface area contributed by atoms with Gasteiger partial charge in [0.15, 0.2) is 5.78 Å². The fraction of sp³-hybridized carbons (Fsp3) is 0.581. The number of ether oxygens (including phenoxy) is 1. The Balaban J connectivity index is 0.000000258. The zero-order chi connectivity index (χ0) is 25.6. The van der Waals surface area contributed by atoms with E-state index in [0.29, 0.717) is 12.2 Å². The summed E-state index contributed by atoms with van der Waals surface area (Å²) in [5, 5.41) is 0. The number of benzene rings is 2. The number of carbonyl (C=O) groups is 1. The van der Waals surface area contributed by atoms with E-state index in [-0.39, 0.29) is 0 Å². The molecule has 0 amide bonds. The molecule has 0 N–H and O–H groups in total. The first-order valence-corrected chi connectivity index (χ1v) is 13.5. The second-order valence-electron chi connectivity index (χ2n) is 10.0. The number of aryl methyl sites for hydroxylation is 2. The van der Waals surface area contributed by atoms with Gasteiger partial charge in [-0.2, -0.15) is 0 Å². The second-order valence-corrected chi connectivity index (χ2v) is 10.0. The van der Waals surface area contributed by atoms with Crippen molar-refractivity contribution in [3.05, 3.63) is 64.7 Å². The number of carbonyl (C=O) groups excluding carboxylic acids is 1. The molecule has 194 valence electrons. The normalized spacial score (nSPS) is 16.4. The van der Waals surface area contributed by atoms with Gasteiger partial charge in [0.1, 0.15) is 5.75 Å². The Hall–Kier alpha value is -2.17. The molecule has 1 heterocycles. The molecule has 1 aliphatic heterocycles. The van der Waals surface area contributed by atoms with E-state index in [1.807, 2.05) is 24.3 Å². The number of hydrogen-bond donors (Lipinski definition) is 0. The average molecular weight is 481 g/mol. The summed E-state index contributed by atoms with van der Waals surface area (Å²) in [5.41, 5.74) is 4.63. The molecule has 0 radical (unpaired) electrons. The van der Waals surface area contributed by atoms with E-state index in [1.54, 1.807) is 7.11 Å². The van der Waals surface area contributed by atoms with Crippen LogP contribution in [-0.2, 0) is 6.54 Å². The maximum atomic E-state index is 12.3. The number of likely N-dealkylation sites (tertiary alicyclic amines) is 1. The highest BCUT2D eigenvalue weighted by atomic mass is 16.5. The Kier molecular flexibility index (Phi) is 13.1. The summed E-state index contributed by atoms with van der Waals surface area (Å²) in [5.74, 6) is 2.04. The molecule has 1 atom stereocenters. The summed E-state index contributed by atoms with van der Waals surface area (Å²) in [7, 11) is 3.93. The fourth-order valence-corrected chi connectivity index (χ4v) is 4.73. The van der Waals surface area contributed by atoms with Gasteiger partial charge in [-0.1, -0.05) is 44.2 Å². The van der Waals surface area contributed by atoms with Gasteiger partial charge in [0.05, 0.1) is 7.11 Å². The van der Waals surface area contributed by atoms with Gasteiger partial charge in [-0.15, -0.1) is 0 Å². The van der Waals surface area contributed by atoms with Crippen molar-refractivity contribution in [2.75, 3.05) is 40.3 Å². The molecule has 0 aromatic heterocycles. The van der Waals surface area contributed by atoms with Gasteiger partial charge < -0.3 is 9.64 Å². The maximum Gasteiger partial charge on any atom is 0.162 e. The van der Waals surface area contributed by atoms with Crippen LogP contribution in [0.15, 0.2) is 42.5 Å². The standard InChI is InChI=1S/C18H27NO.C13H21NO/c1-14-6-8-17(13-15(14)2)18(20)9-7-16-5-4-11-19(3)12-10-16;1-4-10-14(5-2)11-12-8-6-7-9-13(12)15-3/h6,8,13,16H,4-5,7,9-12H2,1-3H3;6-9H,4-5,10-11H2,1-3H3. The number of ketones is 1. The van der Waals surface area contributed by atoms with Crippen molar-refractivity contribution in [2.24, 2.45) is 5.92 Å². The van der Waals surface area contributed by atoms with Gasteiger partial charge in [0.2, 0.25) is 0 Å². The van der Waals surface area contributed by atoms with Gasteiger partial charge in [-0.05, 0) is 108 Å². The Bertz CT molecular complexity index is 895. The van der Waals surface area contributed by atoms with Gasteiger partial charge in [0.25, 0.3) is 0 Å². The molecule has 1 saturated heterocycles. The van der Waals surface area contributed by atoms with Crippen LogP contribution in [0.5, 0.6) is 5.75 Å². The number of rotatable bonds is 10. The van der Waals surface area contributed by atoms with Gasteiger partial charge in [-0.25, -0.2) is 0 Å². The molecule has 1 unspecified atom stereocenters. The number of Topliss-reactive ketones (excluding diaryl/α,β-unsaturated/α-hetero) is 1. The van der Waals surface area contributed by atoms with E-state index in [2.05, 4.69) is 62.7 Å². The van der Waals surface area contributed by atoms with Crippen molar-refractivity contribution < 1.29 is 9.53 Å². The van der Waals surface area contributed by atoms with Gasteiger partial charge in [0, 0.05) is 24.1 Å². The average Bonchev–Trinajstić information content (AvgIpc) is 3.08. The van der Waals surface area contributed by atoms with E-state index in [4.69, 9.17) is 4.74 Å². The summed E-state index contributed by atoms with van der Waals surface area (Å²) < 4.78 is 5.34. The minimum absolute atomic E-state index is 0.311. The van der Waals surface area contributed by atoms with Crippen molar-refractivity contribution in [1.82, 2.24) is 9.80 Å². The maximum absolute atomic E-state index is 12.3. The lowest BCUT2D eigenvalue weighted by atomic mass is 9.92. The smallest absolute Gasteiger partial charge is 0.162 e. The summed E-state index contributed by atoms with van der Waals surface area (Å²) in [4.78, 5) is 17.1. The summed E-state index contributed by atoms with van der Waals surface area (Å²) in [6.45, 7) is 14.2. The van der Waals surface area contributed by atoms with E-state index >= 15 is 0 Å². The van der Waals surface area contributed by atoms with Crippen LogP contribution in [0.1, 0.15) is 79.4 Å². The van der Waals surface area contributed by atoms with Crippen LogP contribution >= 0.6 is 0 Å². The molecule has 1 aliphatic rings. The van der Waals surface area contributed by atoms with Crippen LogP contribution in [0.2, 0.25) is 0 Å². The molecule has 2 aromatic carbocycles. The van der Waals surface area contributed by atoms with Crippen LogP contribution < -0.4 is 4.74 Å². The second kappa shape index (κ2) is 15.7. The molecule has 35 heavy (non-hydrogen) atoms. The predicted octanol–water partition coefficient (Wildman–Crippen LogP) is 6.93. The van der Waals surface area contributed by atoms with E-state index in [1.165, 1.54) is 55.5 Å². The number of methoxy groups -OCH3 is 1. The quantitative estimate of drug-likeness (QED) is 0.345. The monoisotopic (exact) mass is 480 g/mol. The number of para-hydroxylation sites is 1. The molecule has 4 heteroatoms. The molecule has 0 saturated carbocycles. The molecule has 0 aliphatic carbocycles. The van der Waals surface area contributed by atoms with Gasteiger partial charge >= 0.3 is 0 Å².